The molecule has 2 rings (SSSR count). The van der Waals surface area contributed by atoms with Crippen molar-refractivity contribution < 1.29 is 41.8 Å². The van der Waals surface area contributed by atoms with Gasteiger partial charge in [0.1, 0.15) is 6.61 Å². The van der Waals surface area contributed by atoms with E-state index in [0.29, 0.717) is 0 Å². The number of carbonyl (C=O) groups is 3. The molecule has 0 saturated carbocycles. The summed E-state index contributed by atoms with van der Waals surface area (Å²) in [5, 5.41) is 2.78. The van der Waals surface area contributed by atoms with E-state index in [1.165, 1.54) is 32.0 Å². The van der Waals surface area contributed by atoms with Crippen LogP contribution in [0.2, 0.25) is 0 Å². The molecule has 10 heteroatoms. The molecule has 1 N–H and O–H groups in total. The van der Waals surface area contributed by atoms with E-state index in [1.54, 1.807) is 0 Å². The molecule has 1 aliphatic rings. The van der Waals surface area contributed by atoms with Crippen LogP contribution in [0.4, 0.5) is 13.2 Å². The maximum absolute atomic E-state index is 13.8. The first-order chi connectivity index (χ1) is 14.5. The van der Waals surface area contributed by atoms with Crippen LogP contribution in [0.15, 0.2) is 46.8 Å². The second-order valence-electron chi connectivity index (χ2n) is 6.57. The average molecular weight is 441 g/mol. The summed E-state index contributed by atoms with van der Waals surface area (Å²) in [5.74, 6) is -3.99. The van der Waals surface area contributed by atoms with Crippen molar-refractivity contribution in [3.05, 3.63) is 57.9 Å². The van der Waals surface area contributed by atoms with E-state index >= 15 is 0 Å². The first kappa shape index (κ1) is 24.0. The fourth-order valence-corrected chi connectivity index (χ4v) is 3.33. The zero-order valence-electron chi connectivity index (χ0n) is 17.4. The van der Waals surface area contributed by atoms with E-state index in [1.807, 2.05) is 0 Å². The van der Waals surface area contributed by atoms with Crippen LogP contribution in [0.25, 0.3) is 0 Å². The molecule has 7 nitrogen and oxygen atoms in total. The van der Waals surface area contributed by atoms with E-state index in [0.717, 1.165) is 20.1 Å². The summed E-state index contributed by atoms with van der Waals surface area (Å²) >= 11 is 0. The standard InChI is InChI=1S/C21H22F3NO6/c1-5-30-20(28)18-15(10-31-12(3)26)25-11(2)16(19(27)29-4)17(18)13-8-6-7-9-14(13)21(22,23)24/h6-9,17,25H,5,10H2,1-4H3. The van der Waals surface area contributed by atoms with Gasteiger partial charge in [-0.1, -0.05) is 18.2 Å². The van der Waals surface area contributed by atoms with Crippen LogP contribution < -0.4 is 5.32 Å². The maximum atomic E-state index is 13.8. The van der Waals surface area contributed by atoms with E-state index in [9.17, 15) is 27.6 Å². The second-order valence-corrected chi connectivity index (χ2v) is 6.57. The number of hydrogen-bond donors (Lipinski definition) is 1. The van der Waals surface area contributed by atoms with E-state index < -0.39 is 42.2 Å². The van der Waals surface area contributed by atoms with Gasteiger partial charge in [-0.25, -0.2) is 9.59 Å². The number of alkyl halides is 3. The lowest BCUT2D eigenvalue weighted by atomic mass is 9.78. The molecule has 0 saturated heterocycles. The third-order valence-corrected chi connectivity index (χ3v) is 4.54. The number of methoxy groups -OCH3 is 1. The molecule has 0 aliphatic carbocycles. The predicted molar refractivity (Wildman–Crippen MR) is 102 cm³/mol. The van der Waals surface area contributed by atoms with Gasteiger partial charge in [-0.05, 0) is 25.5 Å². The Morgan fingerprint density at radius 2 is 1.71 bits per heavy atom. The lowest BCUT2D eigenvalue weighted by Crippen LogP contribution is -2.35. The van der Waals surface area contributed by atoms with Crippen LogP contribution in [-0.4, -0.2) is 38.2 Å². The van der Waals surface area contributed by atoms with Gasteiger partial charge in [0.2, 0.25) is 0 Å². The zero-order chi connectivity index (χ0) is 23.3. The number of rotatable bonds is 6. The minimum Gasteiger partial charge on any atom is -0.466 e. The lowest BCUT2D eigenvalue weighted by molar-refractivity contribution is -0.142. The molecule has 31 heavy (non-hydrogen) atoms. The molecule has 0 aromatic heterocycles. The highest BCUT2D eigenvalue weighted by Gasteiger charge is 2.43. The van der Waals surface area contributed by atoms with Gasteiger partial charge in [0.05, 0.1) is 42.0 Å². The van der Waals surface area contributed by atoms with Gasteiger partial charge in [0.25, 0.3) is 0 Å². The summed E-state index contributed by atoms with van der Waals surface area (Å²) in [6.45, 7) is 3.63. The number of esters is 3. The average Bonchev–Trinajstić information content (AvgIpc) is 2.70. The largest absolute Gasteiger partial charge is 0.466 e. The van der Waals surface area contributed by atoms with Gasteiger partial charge in [-0.15, -0.1) is 0 Å². The molecule has 0 radical (unpaired) electrons. The highest BCUT2D eigenvalue weighted by Crippen LogP contribution is 2.44. The molecule has 1 atom stereocenters. The van der Waals surface area contributed by atoms with E-state index in [-0.39, 0.29) is 34.7 Å². The van der Waals surface area contributed by atoms with Crippen molar-refractivity contribution in [3.63, 3.8) is 0 Å². The van der Waals surface area contributed by atoms with Crippen molar-refractivity contribution >= 4 is 17.9 Å². The molecular weight excluding hydrogens is 419 g/mol. The molecular formula is C21H22F3NO6. The van der Waals surface area contributed by atoms with Crippen LogP contribution in [0.3, 0.4) is 0 Å². The number of allylic oxidation sites excluding steroid dienone is 1. The van der Waals surface area contributed by atoms with Gasteiger partial charge in [-0.3, -0.25) is 4.79 Å². The van der Waals surface area contributed by atoms with Crippen LogP contribution >= 0.6 is 0 Å². The molecule has 1 aromatic rings. The monoisotopic (exact) mass is 441 g/mol. The number of dihydropyridines is 1. The Morgan fingerprint density at radius 3 is 2.26 bits per heavy atom. The van der Waals surface area contributed by atoms with E-state index in [4.69, 9.17) is 14.2 Å². The van der Waals surface area contributed by atoms with Crippen molar-refractivity contribution in [2.24, 2.45) is 0 Å². The number of ether oxygens (including phenoxy) is 3. The van der Waals surface area contributed by atoms with Crippen molar-refractivity contribution in [3.8, 4) is 0 Å². The van der Waals surface area contributed by atoms with Crippen LogP contribution in [0, 0.1) is 0 Å². The summed E-state index contributed by atoms with van der Waals surface area (Å²) in [7, 11) is 1.08. The fraction of sp³-hybridized carbons (Fsp3) is 0.381. The summed E-state index contributed by atoms with van der Waals surface area (Å²) < 4.78 is 56.2. The lowest BCUT2D eigenvalue weighted by Gasteiger charge is -2.32. The number of hydrogen-bond acceptors (Lipinski definition) is 7. The van der Waals surface area contributed by atoms with Gasteiger partial charge < -0.3 is 19.5 Å². The third-order valence-electron chi connectivity index (χ3n) is 4.54. The van der Waals surface area contributed by atoms with Gasteiger partial charge in [0.15, 0.2) is 0 Å². The first-order valence-electron chi connectivity index (χ1n) is 9.28. The Kier molecular flexibility index (Phi) is 7.48. The van der Waals surface area contributed by atoms with Gasteiger partial charge in [0, 0.05) is 12.6 Å². The summed E-state index contributed by atoms with van der Waals surface area (Å²) in [4.78, 5) is 36.7. The topological polar surface area (TPSA) is 90.9 Å². The van der Waals surface area contributed by atoms with Crippen molar-refractivity contribution in [2.45, 2.75) is 32.9 Å². The number of carbonyl (C=O) groups excluding carboxylic acids is 3. The fourth-order valence-electron chi connectivity index (χ4n) is 3.33. The summed E-state index contributed by atoms with van der Waals surface area (Å²) in [5.41, 5.74) is -1.64. The van der Waals surface area contributed by atoms with Crippen LogP contribution in [-0.2, 0) is 34.8 Å². The third kappa shape index (κ3) is 5.25. The van der Waals surface area contributed by atoms with Gasteiger partial charge >= 0.3 is 24.1 Å². The first-order valence-corrected chi connectivity index (χ1v) is 9.28. The molecule has 1 aromatic carbocycles. The highest BCUT2D eigenvalue weighted by molar-refractivity contribution is 6.00. The smallest absolute Gasteiger partial charge is 0.416 e. The maximum Gasteiger partial charge on any atom is 0.416 e. The molecule has 1 aliphatic heterocycles. The van der Waals surface area contributed by atoms with E-state index in [2.05, 4.69) is 5.32 Å². The second kappa shape index (κ2) is 9.67. The Labute approximate surface area is 176 Å². The number of halogens is 3. The Balaban J connectivity index is 2.84. The molecule has 0 fully saturated rings. The molecule has 1 unspecified atom stereocenters. The van der Waals surface area contributed by atoms with Crippen molar-refractivity contribution in [1.29, 1.82) is 0 Å². The normalized spacial score (nSPS) is 16.5. The highest BCUT2D eigenvalue weighted by atomic mass is 19.4. The molecule has 1 heterocycles. The summed E-state index contributed by atoms with van der Waals surface area (Å²) in [6.07, 6.45) is -4.76. The molecule has 0 spiro atoms. The quantitative estimate of drug-likeness (QED) is 0.535. The number of nitrogens with one attached hydrogen (secondary N) is 1. The molecule has 168 valence electrons. The number of benzene rings is 1. The Bertz CT molecular complexity index is 949. The van der Waals surface area contributed by atoms with Crippen molar-refractivity contribution in [1.82, 2.24) is 5.32 Å². The Hall–Kier alpha value is -3.30. The molecule has 0 amide bonds. The van der Waals surface area contributed by atoms with Crippen LogP contribution in [0.5, 0.6) is 0 Å². The SMILES string of the molecule is CCOC(=O)C1=C(COC(C)=O)NC(C)=C(C(=O)OC)C1c1ccccc1C(F)(F)F. The predicted octanol–water partition coefficient (Wildman–Crippen LogP) is 3.22. The Morgan fingerprint density at radius 1 is 1.06 bits per heavy atom. The van der Waals surface area contributed by atoms with Crippen LogP contribution in [0.1, 0.15) is 37.8 Å². The van der Waals surface area contributed by atoms with Crippen molar-refractivity contribution in [2.75, 3.05) is 20.3 Å². The van der Waals surface area contributed by atoms with Gasteiger partial charge in [-0.2, -0.15) is 13.2 Å². The molecule has 0 bridgehead atoms. The zero-order valence-corrected chi connectivity index (χ0v) is 17.4. The summed E-state index contributed by atoms with van der Waals surface area (Å²) in [6, 6.07) is 4.61. The minimum atomic E-state index is -4.76. The minimum absolute atomic E-state index is 0.0146.